The van der Waals surface area contributed by atoms with Gasteiger partial charge in [0.15, 0.2) is 0 Å². The van der Waals surface area contributed by atoms with E-state index in [4.69, 9.17) is 5.10 Å². The van der Waals surface area contributed by atoms with Crippen LogP contribution in [0.1, 0.15) is 59.2 Å². The molecule has 0 aliphatic rings. The van der Waals surface area contributed by atoms with Crippen molar-refractivity contribution < 1.29 is 9.59 Å². The summed E-state index contributed by atoms with van der Waals surface area (Å²) in [5.74, 6) is 0.761. The predicted molar refractivity (Wildman–Crippen MR) is 117 cm³/mol. The number of hydrogen-bond donors (Lipinski definition) is 1. The Morgan fingerprint density at radius 2 is 1.90 bits per heavy atom. The molecule has 1 heterocycles. The highest BCUT2D eigenvalue weighted by molar-refractivity contribution is 5.94. The summed E-state index contributed by atoms with van der Waals surface area (Å²) < 4.78 is 1.76. The third kappa shape index (κ3) is 6.44. The zero-order chi connectivity index (χ0) is 21.8. The van der Waals surface area contributed by atoms with Gasteiger partial charge in [0, 0.05) is 24.9 Å². The molecule has 0 fully saturated rings. The molecule has 2 rings (SSSR count). The summed E-state index contributed by atoms with van der Waals surface area (Å²) in [6, 6.07) is 9.90. The molecule has 1 aromatic heterocycles. The number of aryl methyl sites for hydroxylation is 1. The number of rotatable bonds is 7. The average Bonchev–Trinajstić information content (AvgIpc) is 3.02. The lowest BCUT2D eigenvalue weighted by molar-refractivity contribution is -0.132. The Kier molecular flexibility index (Phi) is 7.22. The largest absolute Gasteiger partial charge is 0.334 e. The Morgan fingerprint density at radius 3 is 2.45 bits per heavy atom. The second-order valence-corrected chi connectivity index (χ2v) is 9.09. The molecule has 0 radical (unpaired) electrons. The second-order valence-electron chi connectivity index (χ2n) is 9.09. The lowest BCUT2D eigenvalue weighted by atomic mass is 9.92. The number of amides is 2. The molecule has 158 valence electrons. The van der Waals surface area contributed by atoms with Crippen molar-refractivity contribution in [2.24, 2.45) is 5.92 Å². The summed E-state index contributed by atoms with van der Waals surface area (Å²) in [6.07, 6.45) is 0.863. The van der Waals surface area contributed by atoms with E-state index in [9.17, 15) is 9.59 Å². The molecule has 2 amide bonds. The molecule has 0 saturated carbocycles. The normalized spacial score (nSPS) is 11.6. The number of nitrogens with one attached hydrogen (secondary N) is 1. The topological polar surface area (TPSA) is 67.2 Å². The Morgan fingerprint density at radius 1 is 1.21 bits per heavy atom. The number of benzene rings is 1. The van der Waals surface area contributed by atoms with E-state index in [-0.39, 0.29) is 23.8 Å². The maximum absolute atomic E-state index is 12.7. The van der Waals surface area contributed by atoms with E-state index in [1.807, 2.05) is 37.3 Å². The molecule has 1 aromatic carbocycles. The first-order valence-electron chi connectivity index (χ1n) is 10.2. The van der Waals surface area contributed by atoms with Crippen molar-refractivity contribution in [3.63, 3.8) is 0 Å². The lowest BCUT2D eigenvalue weighted by Crippen LogP contribution is -2.38. The van der Waals surface area contributed by atoms with Crippen LogP contribution in [0.3, 0.4) is 0 Å². The molecule has 0 aliphatic heterocycles. The Bertz CT molecular complexity index is 862. The molecule has 0 spiro atoms. The van der Waals surface area contributed by atoms with Crippen molar-refractivity contribution in [2.45, 2.75) is 60.3 Å². The molecule has 2 aromatic rings. The van der Waals surface area contributed by atoms with E-state index in [1.165, 1.54) is 6.92 Å². The predicted octanol–water partition coefficient (Wildman–Crippen LogP) is 4.31. The monoisotopic (exact) mass is 398 g/mol. The highest BCUT2D eigenvalue weighted by Gasteiger charge is 2.22. The summed E-state index contributed by atoms with van der Waals surface area (Å²) in [7, 11) is 0. The fraction of sp³-hybridized carbons (Fsp3) is 0.522. The zero-order valence-electron chi connectivity index (χ0n) is 18.7. The van der Waals surface area contributed by atoms with Crippen LogP contribution in [0.4, 0.5) is 5.82 Å². The molecule has 0 bridgehead atoms. The van der Waals surface area contributed by atoms with Gasteiger partial charge in [-0.3, -0.25) is 9.59 Å². The Balaban J connectivity index is 2.27. The summed E-state index contributed by atoms with van der Waals surface area (Å²) in [6.45, 7) is 14.6. The lowest BCUT2D eigenvalue weighted by Gasteiger charge is -2.21. The van der Waals surface area contributed by atoms with Gasteiger partial charge in [0.05, 0.1) is 17.9 Å². The minimum atomic E-state index is -0.224. The van der Waals surface area contributed by atoms with E-state index in [0.717, 1.165) is 23.4 Å². The summed E-state index contributed by atoms with van der Waals surface area (Å²) in [4.78, 5) is 26.3. The van der Waals surface area contributed by atoms with Gasteiger partial charge >= 0.3 is 0 Å². The molecular weight excluding hydrogens is 364 g/mol. The Labute approximate surface area is 174 Å². The van der Waals surface area contributed by atoms with Gasteiger partial charge < -0.3 is 10.2 Å². The van der Waals surface area contributed by atoms with Gasteiger partial charge in [-0.2, -0.15) is 5.10 Å². The first-order chi connectivity index (χ1) is 13.5. The maximum atomic E-state index is 12.7. The average molecular weight is 399 g/mol. The van der Waals surface area contributed by atoms with Crippen molar-refractivity contribution in [1.82, 2.24) is 14.7 Å². The zero-order valence-corrected chi connectivity index (χ0v) is 18.7. The fourth-order valence-corrected chi connectivity index (χ4v) is 2.91. The van der Waals surface area contributed by atoms with Gasteiger partial charge in [0.25, 0.3) is 0 Å². The summed E-state index contributed by atoms with van der Waals surface area (Å²) >= 11 is 0. The number of carbonyl (C=O) groups is 2. The molecule has 1 N–H and O–H groups in total. The van der Waals surface area contributed by atoms with E-state index >= 15 is 0 Å². The highest BCUT2D eigenvalue weighted by Crippen LogP contribution is 2.26. The fourth-order valence-electron chi connectivity index (χ4n) is 2.91. The van der Waals surface area contributed by atoms with E-state index < -0.39 is 0 Å². The van der Waals surface area contributed by atoms with Crippen LogP contribution in [0, 0.1) is 12.8 Å². The third-order valence-electron chi connectivity index (χ3n) is 4.75. The van der Waals surface area contributed by atoms with Crippen molar-refractivity contribution in [3.8, 4) is 5.69 Å². The minimum Gasteiger partial charge on any atom is -0.334 e. The standard InChI is InChI=1S/C23H34N4O2/c1-16(2)11-12-26(18(4)28)15-22(29)24-21-14-20(23(5,6)7)25-27(21)19-10-8-9-17(3)13-19/h8-10,13-14,16H,11-12,15H2,1-7H3,(H,24,29). The molecule has 0 atom stereocenters. The van der Waals surface area contributed by atoms with Crippen LogP contribution in [-0.2, 0) is 15.0 Å². The van der Waals surface area contributed by atoms with Crippen LogP contribution in [0.2, 0.25) is 0 Å². The summed E-state index contributed by atoms with van der Waals surface area (Å²) in [5.41, 5.74) is 2.73. The van der Waals surface area contributed by atoms with Gasteiger partial charge in [-0.05, 0) is 37.0 Å². The second kappa shape index (κ2) is 9.25. The van der Waals surface area contributed by atoms with Gasteiger partial charge in [-0.25, -0.2) is 4.68 Å². The van der Waals surface area contributed by atoms with E-state index in [0.29, 0.717) is 18.3 Å². The molecule has 0 saturated heterocycles. The van der Waals surface area contributed by atoms with Crippen LogP contribution in [0.25, 0.3) is 5.69 Å². The number of carbonyl (C=O) groups excluding carboxylic acids is 2. The minimum absolute atomic E-state index is 0.0336. The van der Waals surface area contributed by atoms with Crippen molar-refractivity contribution in [1.29, 1.82) is 0 Å². The van der Waals surface area contributed by atoms with Crippen LogP contribution in [-0.4, -0.2) is 39.6 Å². The molecule has 0 aliphatic carbocycles. The van der Waals surface area contributed by atoms with Gasteiger partial charge in [0.1, 0.15) is 5.82 Å². The van der Waals surface area contributed by atoms with E-state index in [1.54, 1.807) is 9.58 Å². The first kappa shape index (κ1) is 22.7. The van der Waals surface area contributed by atoms with Crippen LogP contribution in [0.15, 0.2) is 30.3 Å². The van der Waals surface area contributed by atoms with Gasteiger partial charge in [0.2, 0.25) is 11.8 Å². The highest BCUT2D eigenvalue weighted by atomic mass is 16.2. The molecule has 29 heavy (non-hydrogen) atoms. The SMILES string of the molecule is CC(=O)N(CCC(C)C)CC(=O)Nc1cc(C(C)(C)C)nn1-c1cccc(C)c1. The van der Waals surface area contributed by atoms with Crippen LogP contribution < -0.4 is 5.32 Å². The molecule has 6 heteroatoms. The van der Waals surface area contributed by atoms with Gasteiger partial charge in [-0.1, -0.05) is 46.8 Å². The number of anilines is 1. The molecule has 0 unspecified atom stereocenters. The summed E-state index contributed by atoms with van der Waals surface area (Å²) in [5, 5.41) is 7.70. The van der Waals surface area contributed by atoms with Crippen molar-refractivity contribution in [2.75, 3.05) is 18.4 Å². The quantitative estimate of drug-likeness (QED) is 0.756. The molecule has 6 nitrogen and oxygen atoms in total. The van der Waals surface area contributed by atoms with Crippen molar-refractivity contribution >= 4 is 17.6 Å². The van der Waals surface area contributed by atoms with Crippen molar-refractivity contribution in [3.05, 3.63) is 41.6 Å². The Hall–Kier alpha value is -2.63. The first-order valence-corrected chi connectivity index (χ1v) is 10.2. The molecular formula is C23H34N4O2. The smallest absolute Gasteiger partial charge is 0.245 e. The van der Waals surface area contributed by atoms with E-state index in [2.05, 4.69) is 39.9 Å². The maximum Gasteiger partial charge on any atom is 0.245 e. The van der Waals surface area contributed by atoms with Crippen LogP contribution in [0.5, 0.6) is 0 Å². The number of aromatic nitrogens is 2. The van der Waals surface area contributed by atoms with Crippen LogP contribution >= 0.6 is 0 Å². The number of nitrogens with zero attached hydrogens (tertiary/aromatic N) is 3. The van der Waals surface area contributed by atoms with Gasteiger partial charge in [-0.15, -0.1) is 0 Å². The third-order valence-corrected chi connectivity index (χ3v) is 4.75. The number of hydrogen-bond acceptors (Lipinski definition) is 3.